The first-order valence-electron chi connectivity index (χ1n) is 6.27. The SMILES string of the molecule is CCc1ccccc1NCc1ccc(C)c(Br)c1. The highest BCUT2D eigenvalue weighted by Gasteiger charge is 2.01. The second-order valence-corrected chi connectivity index (χ2v) is 5.30. The fraction of sp³-hybridized carbons (Fsp3) is 0.250. The van der Waals surface area contributed by atoms with E-state index in [4.69, 9.17) is 0 Å². The summed E-state index contributed by atoms with van der Waals surface area (Å²) in [6.45, 7) is 5.15. The summed E-state index contributed by atoms with van der Waals surface area (Å²) in [6, 6.07) is 15.0. The molecule has 0 spiro atoms. The Morgan fingerprint density at radius 2 is 1.89 bits per heavy atom. The van der Waals surface area contributed by atoms with Crippen molar-refractivity contribution < 1.29 is 0 Å². The van der Waals surface area contributed by atoms with E-state index in [1.807, 2.05) is 0 Å². The molecule has 0 aliphatic heterocycles. The third-order valence-corrected chi connectivity index (χ3v) is 3.97. The molecule has 2 aromatic carbocycles. The summed E-state index contributed by atoms with van der Waals surface area (Å²) in [4.78, 5) is 0. The van der Waals surface area contributed by atoms with E-state index in [1.165, 1.54) is 26.9 Å². The van der Waals surface area contributed by atoms with Crippen LogP contribution in [0.15, 0.2) is 46.9 Å². The van der Waals surface area contributed by atoms with Gasteiger partial charge >= 0.3 is 0 Å². The zero-order valence-corrected chi connectivity index (χ0v) is 12.4. The Labute approximate surface area is 117 Å². The maximum Gasteiger partial charge on any atom is 0.0401 e. The number of hydrogen-bond acceptors (Lipinski definition) is 1. The molecule has 0 aliphatic rings. The molecule has 2 heteroatoms. The van der Waals surface area contributed by atoms with Crippen molar-refractivity contribution in [3.63, 3.8) is 0 Å². The quantitative estimate of drug-likeness (QED) is 0.844. The van der Waals surface area contributed by atoms with Crippen LogP contribution in [0.3, 0.4) is 0 Å². The predicted octanol–water partition coefficient (Wildman–Crippen LogP) is 4.93. The fourth-order valence-electron chi connectivity index (χ4n) is 1.94. The molecule has 2 aromatic rings. The van der Waals surface area contributed by atoms with Gasteiger partial charge in [0.25, 0.3) is 0 Å². The lowest BCUT2D eigenvalue weighted by Crippen LogP contribution is -2.02. The van der Waals surface area contributed by atoms with Gasteiger partial charge in [0.1, 0.15) is 0 Å². The number of halogens is 1. The summed E-state index contributed by atoms with van der Waals surface area (Å²) < 4.78 is 1.17. The van der Waals surface area contributed by atoms with Crippen molar-refractivity contribution in [3.8, 4) is 0 Å². The molecule has 0 saturated carbocycles. The van der Waals surface area contributed by atoms with Crippen LogP contribution in [-0.2, 0) is 13.0 Å². The van der Waals surface area contributed by atoms with Gasteiger partial charge in [-0.25, -0.2) is 0 Å². The number of anilines is 1. The minimum Gasteiger partial charge on any atom is -0.381 e. The maximum atomic E-state index is 3.57. The fourth-order valence-corrected chi connectivity index (χ4v) is 2.37. The van der Waals surface area contributed by atoms with Gasteiger partial charge in [-0.3, -0.25) is 0 Å². The number of benzene rings is 2. The Bertz CT molecular complexity index is 534. The average molecular weight is 304 g/mol. The smallest absolute Gasteiger partial charge is 0.0401 e. The van der Waals surface area contributed by atoms with E-state index in [0.717, 1.165) is 13.0 Å². The van der Waals surface area contributed by atoms with Gasteiger partial charge < -0.3 is 5.32 Å². The lowest BCUT2D eigenvalue weighted by molar-refractivity contribution is 1.09. The molecule has 0 bridgehead atoms. The summed E-state index contributed by atoms with van der Waals surface area (Å²) in [5, 5.41) is 3.51. The molecule has 0 radical (unpaired) electrons. The van der Waals surface area contributed by atoms with E-state index < -0.39 is 0 Å². The van der Waals surface area contributed by atoms with Crippen molar-refractivity contribution in [2.75, 3.05) is 5.32 Å². The third-order valence-electron chi connectivity index (χ3n) is 3.12. The van der Waals surface area contributed by atoms with Gasteiger partial charge in [0, 0.05) is 16.7 Å². The Hall–Kier alpha value is -1.28. The first-order chi connectivity index (χ1) is 8.70. The summed E-state index contributed by atoms with van der Waals surface area (Å²) in [5.41, 5.74) is 5.16. The molecule has 0 heterocycles. The molecule has 0 aromatic heterocycles. The Kier molecular flexibility index (Phi) is 4.43. The third kappa shape index (κ3) is 3.14. The Balaban J connectivity index is 2.09. The zero-order chi connectivity index (χ0) is 13.0. The minimum absolute atomic E-state index is 0.857. The van der Waals surface area contributed by atoms with Crippen LogP contribution >= 0.6 is 15.9 Å². The average Bonchev–Trinajstić information content (AvgIpc) is 2.40. The van der Waals surface area contributed by atoms with Gasteiger partial charge in [0.05, 0.1) is 0 Å². The zero-order valence-electron chi connectivity index (χ0n) is 10.8. The highest BCUT2D eigenvalue weighted by molar-refractivity contribution is 9.10. The number of para-hydroxylation sites is 1. The predicted molar refractivity (Wildman–Crippen MR) is 82.0 cm³/mol. The molecule has 18 heavy (non-hydrogen) atoms. The van der Waals surface area contributed by atoms with Crippen molar-refractivity contribution in [2.24, 2.45) is 0 Å². The lowest BCUT2D eigenvalue weighted by atomic mass is 10.1. The topological polar surface area (TPSA) is 12.0 Å². The first-order valence-corrected chi connectivity index (χ1v) is 7.07. The standard InChI is InChI=1S/C16H18BrN/c1-3-14-6-4-5-7-16(14)18-11-13-9-8-12(2)15(17)10-13/h4-10,18H,3,11H2,1-2H3. The second-order valence-electron chi connectivity index (χ2n) is 4.45. The van der Waals surface area contributed by atoms with E-state index in [-0.39, 0.29) is 0 Å². The van der Waals surface area contributed by atoms with E-state index >= 15 is 0 Å². The summed E-state index contributed by atoms with van der Waals surface area (Å²) >= 11 is 3.57. The molecule has 1 N–H and O–H groups in total. The summed E-state index contributed by atoms with van der Waals surface area (Å²) in [7, 11) is 0. The Morgan fingerprint density at radius 3 is 2.61 bits per heavy atom. The van der Waals surface area contributed by atoms with Crippen LogP contribution in [0, 0.1) is 6.92 Å². The van der Waals surface area contributed by atoms with Crippen LogP contribution in [0.5, 0.6) is 0 Å². The highest BCUT2D eigenvalue weighted by Crippen LogP contribution is 2.20. The number of hydrogen-bond donors (Lipinski definition) is 1. The molecular formula is C16H18BrN. The van der Waals surface area contributed by atoms with Crippen LogP contribution in [0.4, 0.5) is 5.69 Å². The molecular weight excluding hydrogens is 286 g/mol. The van der Waals surface area contributed by atoms with Gasteiger partial charge in [-0.15, -0.1) is 0 Å². The lowest BCUT2D eigenvalue weighted by Gasteiger charge is -2.11. The molecule has 0 aliphatic carbocycles. The minimum atomic E-state index is 0.857. The molecule has 0 fully saturated rings. The van der Waals surface area contributed by atoms with Gasteiger partial charge in [0.15, 0.2) is 0 Å². The van der Waals surface area contributed by atoms with Gasteiger partial charge in [-0.05, 0) is 42.2 Å². The van der Waals surface area contributed by atoms with Crippen molar-refractivity contribution in [1.82, 2.24) is 0 Å². The molecule has 0 amide bonds. The normalized spacial score (nSPS) is 10.4. The first kappa shape index (κ1) is 13.2. The monoisotopic (exact) mass is 303 g/mol. The van der Waals surface area contributed by atoms with Crippen molar-refractivity contribution in [2.45, 2.75) is 26.8 Å². The molecule has 2 rings (SSSR count). The molecule has 0 saturated heterocycles. The van der Waals surface area contributed by atoms with Crippen molar-refractivity contribution in [1.29, 1.82) is 0 Å². The summed E-state index contributed by atoms with van der Waals surface area (Å²) in [5.74, 6) is 0. The van der Waals surface area contributed by atoms with E-state index in [0.29, 0.717) is 0 Å². The van der Waals surface area contributed by atoms with Crippen LogP contribution < -0.4 is 5.32 Å². The van der Waals surface area contributed by atoms with E-state index in [9.17, 15) is 0 Å². The molecule has 1 nitrogen and oxygen atoms in total. The van der Waals surface area contributed by atoms with Crippen LogP contribution in [0.25, 0.3) is 0 Å². The van der Waals surface area contributed by atoms with Gasteiger partial charge in [-0.2, -0.15) is 0 Å². The second kappa shape index (κ2) is 6.05. The largest absolute Gasteiger partial charge is 0.381 e. The van der Waals surface area contributed by atoms with Gasteiger partial charge in [0.2, 0.25) is 0 Å². The number of aryl methyl sites for hydroxylation is 2. The highest BCUT2D eigenvalue weighted by atomic mass is 79.9. The summed E-state index contributed by atoms with van der Waals surface area (Å²) in [6.07, 6.45) is 1.06. The number of nitrogens with one attached hydrogen (secondary N) is 1. The van der Waals surface area contributed by atoms with Crippen molar-refractivity contribution >= 4 is 21.6 Å². The van der Waals surface area contributed by atoms with E-state index in [2.05, 4.69) is 77.6 Å². The van der Waals surface area contributed by atoms with Crippen LogP contribution in [0.2, 0.25) is 0 Å². The van der Waals surface area contributed by atoms with Crippen LogP contribution in [-0.4, -0.2) is 0 Å². The van der Waals surface area contributed by atoms with E-state index in [1.54, 1.807) is 0 Å². The molecule has 94 valence electrons. The molecule has 0 atom stereocenters. The Morgan fingerprint density at radius 1 is 1.11 bits per heavy atom. The molecule has 0 unspecified atom stereocenters. The maximum absolute atomic E-state index is 3.57. The van der Waals surface area contributed by atoms with Crippen LogP contribution in [0.1, 0.15) is 23.6 Å². The van der Waals surface area contributed by atoms with Gasteiger partial charge in [-0.1, -0.05) is 53.2 Å². The number of rotatable bonds is 4. The van der Waals surface area contributed by atoms with Crippen molar-refractivity contribution in [3.05, 3.63) is 63.6 Å².